The molecular formula is C17H20N2O4. The van der Waals surface area contributed by atoms with Gasteiger partial charge in [0, 0.05) is 5.92 Å². The average molecular weight is 316 g/mol. The average Bonchev–Trinajstić information content (AvgIpc) is 3.18. The topological polar surface area (TPSA) is 88.5 Å². The van der Waals surface area contributed by atoms with E-state index in [1.54, 1.807) is 12.1 Å². The van der Waals surface area contributed by atoms with E-state index >= 15 is 0 Å². The second kappa shape index (κ2) is 5.60. The number of carboxylic acids is 1. The molecule has 122 valence electrons. The highest BCUT2D eigenvalue weighted by Gasteiger charge is 2.44. The molecule has 1 aliphatic carbocycles. The summed E-state index contributed by atoms with van der Waals surface area (Å²) in [6, 6.07) is 3.29. The van der Waals surface area contributed by atoms with Crippen molar-refractivity contribution in [2.45, 2.75) is 56.8 Å². The number of nitrogens with one attached hydrogen (secondary N) is 1. The van der Waals surface area contributed by atoms with Gasteiger partial charge >= 0.3 is 5.97 Å². The number of amides is 1. The van der Waals surface area contributed by atoms with Crippen LogP contribution in [-0.2, 0) is 16.1 Å². The normalized spacial score (nSPS) is 28.8. The van der Waals surface area contributed by atoms with Crippen molar-refractivity contribution in [1.29, 1.82) is 0 Å². The number of pyridine rings is 1. The molecule has 1 amide bonds. The number of carbonyl (C=O) groups excluding carboxylic acids is 1. The van der Waals surface area contributed by atoms with Crippen molar-refractivity contribution in [2.75, 3.05) is 0 Å². The summed E-state index contributed by atoms with van der Waals surface area (Å²) in [4.78, 5) is 28.0. The molecule has 3 atom stereocenters. The third-order valence-corrected chi connectivity index (χ3v) is 5.06. The van der Waals surface area contributed by atoms with Crippen LogP contribution in [0.1, 0.15) is 59.8 Å². The van der Waals surface area contributed by atoms with Gasteiger partial charge in [-0.2, -0.15) is 0 Å². The maximum Gasteiger partial charge on any atom is 0.337 e. The lowest BCUT2D eigenvalue weighted by Gasteiger charge is -2.18. The van der Waals surface area contributed by atoms with Gasteiger partial charge in [0.1, 0.15) is 0 Å². The number of fused-ring (bicyclic) bond motifs is 2. The van der Waals surface area contributed by atoms with Gasteiger partial charge in [0.15, 0.2) is 0 Å². The van der Waals surface area contributed by atoms with Crippen molar-refractivity contribution in [3.05, 3.63) is 29.1 Å². The molecule has 2 N–H and O–H groups in total. The van der Waals surface area contributed by atoms with E-state index in [0.717, 1.165) is 32.1 Å². The predicted octanol–water partition coefficient (Wildman–Crippen LogP) is 1.84. The standard InChI is InChI=1S/C17H20N2O4/c20-16(13-7-11-4-6-14(13)23-11)18-8-10-3-5-12(17(21)22)15(19-10)9-1-2-9/h3,5,9,11,13-14H,1-2,4,6-8H2,(H,18,20)(H,21,22)/t11-,13-,14+/m1/s1. The van der Waals surface area contributed by atoms with Crippen molar-refractivity contribution in [3.63, 3.8) is 0 Å². The molecule has 0 radical (unpaired) electrons. The fraction of sp³-hybridized carbons (Fsp3) is 0.588. The molecule has 1 saturated carbocycles. The van der Waals surface area contributed by atoms with E-state index in [4.69, 9.17) is 4.74 Å². The molecule has 4 rings (SSSR count). The van der Waals surface area contributed by atoms with Crippen LogP contribution in [0.2, 0.25) is 0 Å². The zero-order chi connectivity index (χ0) is 16.0. The van der Waals surface area contributed by atoms with Crippen LogP contribution in [-0.4, -0.2) is 34.2 Å². The first-order valence-electron chi connectivity index (χ1n) is 8.28. The zero-order valence-electron chi connectivity index (χ0n) is 12.8. The lowest BCUT2D eigenvalue weighted by Crippen LogP contribution is -2.35. The predicted molar refractivity (Wildman–Crippen MR) is 81.0 cm³/mol. The highest BCUT2D eigenvalue weighted by molar-refractivity contribution is 5.89. The Morgan fingerprint density at radius 3 is 2.70 bits per heavy atom. The third kappa shape index (κ3) is 2.83. The lowest BCUT2D eigenvalue weighted by atomic mass is 9.88. The first-order valence-corrected chi connectivity index (χ1v) is 8.28. The van der Waals surface area contributed by atoms with Crippen molar-refractivity contribution >= 4 is 11.9 Å². The minimum atomic E-state index is -0.936. The summed E-state index contributed by atoms with van der Waals surface area (Å²) in [5.74, 6) is -0.700. The summed E-state index contributed by atoms with van der Waals surface area (Å²) >= 11 is 0. The number of nitrogens with zero attached hydrogens (tertiary/aromatic N) is 1. The quantitative estimate of drug-likeness (QED) is 0.865. The summed E-state index contributed by atoms with van der Waals surface area (Å²) in [5, 5.41) is 12.2. The monoisotopic (exact) mass is 316 g/mol. The number of carbonyl (C=O) groups is 2. The number of hydrogen-bond acceptors (Lipinski definition) is 4. The van der Waals surface area contributed by atoms with Crippen LogP contribution in [0.5, 0.6) is 0 Å². The van der Waals surface area contributed by atoms with Gasteiger partial charge in [-0.25, -0.2) is 4.79 Å². The molecule has 0 unspecified atom stereocenters. The maximum atomic E-state index is 12.3. The van der Waals surface area contributed by atoms with Gasteiger partial charge in [0.2, 0.25) is 5.91 Å². The van der Waals surface area contributed by atoms with Crippen LogP contribution in [0.4, 0.5) is 0 Å². The molecule has 2 saturated heterocycles. The van der Waals surface area contributed by atoms with Crippen LogP contribution in [0.15, 0.2) is 12.1 Å². The molecule has 2 aliphatic heterocycles. The van der Waals surface area contributed by atoms with E-state index in [2.05, 4.69) is 10.3 Å². The van der Waals surface area contributed by atoms with Crippen molar-refractivity contribution in [1.82, 2.24) is 10.3 Å². The third-order valence-electron chi connectivity index (χ3n) is 5.06. The molecule has 3 fully saturated rings. The van der Waals surface area contributed by atoms with E-state index in [1.807, 2.05) is 0 Å². The summed E-state index contributed by atoms with van der Waals surface area (Å²) in [6.07, 6.45) is 5.17. The van der Waals surface area contributed by atoms with Crippen molar-refractivity contribution < 1.29 is 19.4 Å². The van der Waals surface area contributed by atoms with E-state index in [-0.39, 0.29) is 35.5 Å². The van der Waals surface area contributed by atoms with E-state index in [0.29, 0.717) is 17.9 Å². The van der Waals surface area contributed by atoms with E-state index in [9.17, 15) is 14.7 Å². The Morgan fingerprint density at radius 2 is 2.09 bits per heavy atom. The number of aromatic carboxylic acids is 1. The molecule has 6 nitrogen and oxygen atoms in total. The molecule has 2 bridgehead atoms. The molecule has 0 spiro atoms. The molecule has 3 heterocycles. The highest BCUT2D eigenvalue weighted by Crippen LogP contribution is 2.41. The number of aromatic nitrogens is 1. The smallest absolute Gasteiger partial charge is 0.337 e. The highest BCUT2D eigenvalue weighted by atomic mass is 16.5. The minimum absolute atomic E-state index is 0.0225. The summed E-state index contributed by atoms with van der Waals surface area (Å²) in [5.41, 5.74) is 1.66. The zero-order valence-corrected chi connectivity index (χ0v) is 12.8. The van der Waals surface area contributed by atoms with Gasteiger partial charge in [0.05, 0.1) is 41.6 Å². The Hall–Kier alpha value is -1.95. The van der Waals surface area contributed by atoms with Crippen LogP contribution in [0.3, 0.4) is 0 Å². The molecule has 3 aliphatic rings. The van der Waals surface area contributed by atoms with Crippen LogP contribution >= 0.6 is 0 Å². The van der Waals surface area contributed by atoms with Gasteiger partial charge in [0.25, 0.3) is 0 Å². The molecule has 0 aromatic carbocycles. The largest absolute Gasteiger partial charge is 0.478 e. The summed E-state index contributed by atoms with van der Waals surface area (Å²) in [7, 11) is 0. The van der Waals surface area contributed by atoms with Crippen molar-refractivity contribution in [3.8, 4) is 0 Å². The second-order valence-corrected chi connectivity index (χ2v) is 6.75. The van der Waals surface area contributed by atoms with Crippen LogP contribution in [0, 0.1) is 5.92 Å². The summed E-state index contributed by atoms with van der Waals surface area (Å²) < 4.78 is 5.72. The van der Waals surface area contributed by atoms with Gasteiger partial charge in [-0.15, -0.1) is 0 Å². The summed E-state index contributed by atoms with van der Waals surface area (Å²) in [6.45, 7) is 0.340. The molecule has 23 heavy (non-hydrogen) atoms. The Bertz CT molecular complexity index is 656. The second-order valence-electron chi connectivity index (χ2n) is 6.75. The molecule has 1 aromatic rings. The van der Waals surface area contributed by atoms with Crippen LogP contribution in [0.25, 0.3) is 0 Å². The van der Waals surface area contributed by atoms with Gasteiger partial charge in [-0.05, 0) is 44.2 Å². The number of hydrogen-bond donors (Lipinski definition) is 2. The van der Waals surface area contributed by atoms with Gasteiger partial charge in [-0.3, -0.25) is 9.78 Å². The number of carboxylic acid groups (broad SMARTS) is 1. The number of ether oxygens (including phenoxy) is 1. The Kier molecular flexibility index (Phi) is 3.56. The maximum absolute atomic E-state index is 12.3. The Labute approximate surface area is 134 Å². The number of rotatable bonds is 5. The first-order chi connectivity index (χ1) is 11.1. The molecular weight excluding hydrogens is 296 g/mol. The Balaban J connectivity index is 1.42. The molecule has 6 heteroatoms. The van der Waals surface area contributed by atoms with Crippen LogP contribution < -0.4 is 5.32 Å². The fourth-order valence-corrected chi connectivity index (χ4v) is 3.69. The lowest BCUT2D eigenvalue weighted by molar-refractivity contribution is -0.126. The van der Waals surface area contributed by atoms with E-state index in [1.165, 1.54) is 0 Å². The minimum Gasteiger partial charge on any atom is -0.478 e. The first kappa shape index (κ1) is 14.6. The Morgan fingerprint density at radius 1 is 1.26 bits per heavy atom. The fourth-order valence-electron chi connectivity index (χ4n) is 3.69. The van der Waals surface area contributed by atoms with E-state index < -0.39 is 5.97 Å². The SMILES string of the molecule is O=C(O)c1ccc(CNC(=O)[C@@H]2C[C@H]3CC[C@@H]2O3)nc1C1CC1. The molecule has 1 aromatic heterocycles. The van der Waals surface area contributed by atoms with Crippen molar-refractivity contribution in [2.24, 2.45) is 5.92 Å². The van der Waals surface area contributed by atoms with Gasteiger partial charge < -0.3 is 15.2 Å². The van der Waals surface area contributed by atoms with Gasteiger partial charge in [-0.1, -0.05) is 0 Å².